The first-order chi connectivity index (χ1) is 11.1. The Bertz CT molecular complexity index is 833. The van der Waals surface area contributed by atoms with Crippen molar-refractivity contribution >= 4 is 11.3 Å². The molecule has 0 saturated heterocycles. The third kappa shape index (κ3) is 3.94. The largest absolute Gasteiger partial charge is 0.330 e. The normalized spacial score (nSPS) is 11.3. The summed E-state index contributed by atoms with van der Waals surface area (Å²) in [5, 5.41) is 2.17. The molecular weight excluding hydrogens is 310 g/mol. The molecule has 0 amide bonds. The second-order valence-corrected chi connectivity index (χ2v) is 6.56. The zero-order valence-electron chi connectivity index (χ0n) is 13.2. The number of aromatic nitrogens is 4. The standard InChI is InChI=1S/C16H19N5OS/c1-20(2)9-12-7-14(23-10-12)16-17-4-6-21(16)5-3-13-8-15(22)19-11-18-13/h4,6-8,10-11H,3,5,9H2,1-2H3,(H,18,19,22). The van der Waals surface area contributed by atoms with Gasteiger partial charge >= 0.3 is 0 Å². The summed E-state index contributed by atoms with van der Waals surface area (Å²) < 4.78 is 2.11. The Balaban J connectivity index is 1.74. The van der Waals surface area contributed by atoms with E-state index in [1.165, 1.54) is 18.0 Å². The minimum Gasteiger partial charge on any atom is -0.330 e. The van der Waals surface area contributed by atoms with Crippen LogP contribution in [0.4, 0.5) is 0 Å². The third-order valence-electron chi connectivity index (χ3n) is 3.43. The molecule has 3 aromatic heterocycles. The summed E-state index contributed by atoms with van der Waals surface area (Å²) in [6.07, 6.45) is 5.92. The molecule has 120 valence electrons. The number of rotatable bonds is 6. The van der Waals surface area contributed by atoms with Gasteiger partial charge in [-0.2, -0.15) is 0 Å². The highest BCUT2D eigenvalue weighted by atomic mass is 32.1. The van der Waals surface area contributed by atoms with Crippen molar-refractivity contribution in [2.45, 2.75) is 19.5 Å². The van der Waals surface area contributed by atoms with Gasteiger partial charge in [-0.15, -0.1) is 11.3 Å². The second-order valence-electron chi connectivity index (χ2n) is 5.65. The summed E-state index contributed by atoms with van der Waals surface area (Å²) in [6, 6.07) is 3.73. The Hall–Kier alpha value is -2.25. The number of thiophene rings is 1. The van der Waals surface area contributed by atoms with Crippen molar-refractivity contribution in [1.82, 2.24) is 24.4 Å². The molecule has 0 aliphatic rings. The van der Waals surface area contributed by atoms with Crippen LogP contribution < -0.4 is 5.56 Å². The fraction of sp³-hybridized carbons (Fsp3) is 0.312. The number of nitrogens with zero attached hydrogens (tertiary/aromatic N) is 4. The first-order valence-electron chi connectivity index (χ1n) is 7.39. The molecule has 0 radical (unpaired) electrons. The van der Waals surface area contributed by atoms with Crippen LogP contribution in [-0.4, -0.2) is 38.5 Å². The van der Waals surface area contributed by atoms with Crippen molar-refractivity contribution in [1.29, 1.82) is 0 Å². The van der Waals surface area contributed by atoms with Gasteiger partial charge < -0.3 is 14.5 Å². The Morgan fingerprint density at radius 3 is 2.96 bits per heavy atom. The molecule has 3 aromatic rings. The van der Waals surface area contributed by atoms with Crippen molar-refractivity contribution in [2.24, 2.45) is 0 Å². The molecule has 23 heavy (non-hydrogen) atoms. The maximum absolute atomic E-state index is 11.3. The topological polar surface area (TPSA) is 66.8 Å². The molecule has 0 aromatic carbocycles. The maximum atomic E-state index is 11.3. The van der Waals surface area contributed by atoms with Gasteiger partial charge in [0.1, 0.15) is 5.82 Å². The van der Waals surface area contributed by atoms with E-state index in [0.717, 1.165) is 29.5 Å². The van der Waals surface area contributed by atoms with Gasteiger partial charge in [0.25, 0.3) is 5.56 Å². The summed E-state index contributed by atoms with van der Waals surface area (Å²) >= 11 is 1.71. The van der Waals surface area contributed by atoms with Gasteiger partial charge in [-0.05, 0) is 31.1 Å². The molecule has 0 bridgehead atoms. The summed E-state index contributed by atoms with van der Waals surface area (Å²) in [5.74, 6) is 0.963. The van der Waals surface area contributed by atoms with E-state index in [0.29, 0.717) is 6.42 Å². The number of H-pyrrole nitrogens is 1. The molecule has 0 saturated carbocycles. The zero-order chi connectivity index (χ0) is 16.2. The Labute approximate surface area is 138 Å². The number of aryl methyl sites for hydroxylation is 2. The van der Waals surface area contributed by atoms with Gasteiger partial charge in [-0.25, -0.2) is 9.97 Å². The molecule has 1 N–H and O–H groups in total. The fourth-order valence-corrected chi connectivity index (χ4v) is 3.35. The van der Waals surface area contributed by atoms with Crippen molar-refractivity contribution < 1.29 is 0 Å². The van der Waals surface area contributed by atoms with E-state index >= 15 is 0 Å². The highest BCUT2D eigenvalue weighted by Crippen LogP contribution is 2.26. The van der Waals surface area contributed by atoms with Crippen molar-refractivity contribution in [3.8, 4) is 10.7 Å². The lowest BCUT2D eigenvalue weighted by molar-refractivity contribution is 0.403. The van der Waals surface area contributed by atoms with E-state index in [1.54, 1.807) is 11.3 Å². The van der Waals surface area contributed by atoms with Gasteiger partial charge in [-0.1, -0.05) is 0 Å². The van der Waals surface area contributed by atoms with Crippen LogP contribution in [0, 0.1) is 0 Å². The van der Waals surface area contributed by atoms with Crippen LogP contribution in [0.1, 0.15) is 11.3 Å². The van der Waals surface area contributed by atoms with E-state index in [4.69, 9.17) is 0 Å². The highest BCUT2D eigenvalue weighted by Gasteiger charge is 2.10. The Kier molecular flexibility index (Phi) is 4.68. The van der Waals surface area contributed by atoms with Gasteiger partial charge in [0, 0.05) is 43.7 Å². The predicted molar refractivity (Wildman–Crippen MR) is 91.5 cm³/mol. The Morgan fingerprint density at radius 2 is 2.17 bits per heavy atom. The average Bonchev–Trinajstić information content (AvgIpc) is 3.13. The minimum absolute atomic E-state index is 0.118. The van der Waals surface area contributed by atoms with E-state index in [9.17, 15) is 4.79 Å². The van der Waals surface area contributed by atoms with Crippen LogP contribution in [0.15, 0.2) is 41.0 Å². The van der Waals surface area contributed by atoms with Crippen LogP contribution in [0.5, 0.6) is 0 Å². The molecule has 0 aliphatic carbocycles. The maximum Gasteiger partial charge on any atom is 0.250 e. The summed E-state index contributed by atoms with van der Waals surface area (Å²) in [6.45, 7) is 1.67. The quantitative estimate of drug-likeness (QED) is 0.751. The van der Waals surface area contributed by atoms with Crippen LogP contribution in [-0.2, 0) is 19.5 Å². The van der Waals surface area contributed by atoms with Gasteiger partial charge in [0.15, 0.2) is 0 Å². The fourth-order valence-electron chi connectivity index (χ4n) is 2.44. The second kappa shape index (κ2) is 6.89. The molecule has 3 rings (SSSR count). The zero-order valence-corrected chi connectivity index (χ0v) is 14.0. The first kappa shape index (κ1) is 15.6. The van der Waals surface area contributed by atoms with Crippen molar-refractivity contribution in [3.63, 3.8) is 0 Å². The van der Waals surface area contributed by atoms with Crippen LogP contribution >= 0.6 is 11.3 Å². The SMILES string of the molecule is CN(C)Cc1csc(-c2nccn2CCc2cc(=O)[nH]cn2)c1. The van der Waals surface area contributed by atoms with E-state index in [-0.39, 0.29) is 5.56 Å². The number of nitrogens with one attached hydrogen (secondary N) is 1. The van der Waals surface area contributed by atoms with Crippen molar-refractivity contribution in [3.05, 3.63) is 57.8 Å². The number of hydrogen-bond donors (Lipinski definition) is 1. The van der Waals surface area contributed by atoms with Crippen LogP contribution in [0.2, 0.25) is 0 Å². The summed E-state index contributed by atoms with van der Waals surface area (Å²) in [7, 11) is 4.12. The number of aromatic amines is 1. The lowest BCUT2D eigenvalue weighted by Crippen LogP contribution is -2.10. The van der Waals surface area contributed by atoms with E-state index in [2.05, 4.69) is 50.0 Å². The predicted octanol–water partition coefficient (Wildman–Crippen LogP) is 2.00. The molecule has 0 spiro atoms. The monoisotopic (exact) mass is 329 g/mol. The van der Waals surface area contributed by atoms with Gasteiger partial charge in [-0.3, -0.25) is 4.79 Å². The molecular formula is C16H19N5OS. The lowest BCUT2D eigenvalue weighted by Gasteiger charge is -2.07. The van der Waals surface area contributed by atoms with Crippen LogP contribution in [0.3, 0.4) is 0 Å². The van der Waals surface area contributed by atoms with Gasteiger partial charge in [0.2, 0.25) is 0 Å². The van der Waals surface area contributed by atoms with Gasteiger partial charge in [0.05, 0.1) is 11.2 Å². The smallest absolute Gasteiger partial charge is 0.250 e. The van der Waals surface area contributed by atoms with E-state index in [1.807, 2.05) is 12.4 Å². The summed E-state index contributed by atoms with van der Waals surface area (Å²) in [5.41, 5.74) is 1.96. The third-order valence-corrected chi connectivity index (χ3v) is 4.41. The summed E-state index contributed by atoms with van der Waals surface area (Å²) in [4.78, 5) is 25.8. The number of imidazole rings is 1. The number of hydrogen-bond acceptors (Lipinski definition) is 5. The molecule has 6 nitrogen and oxygen atoms in total. The molecule has 3 heterocycles. The van der Waals surface area contributed by atoms with Crippen LogP contribution in [0.25, 0.3) is 10.7 Å². The molecule has 0 fully saturated rings. The molecule has 0 aliphatic heterocycles. The molecule has 7 heteroatoms. The first-order valence-corrected chi connectivity index (χ1v) is 8.27. The van der Waals surface area contributed by atoms with E-state index < -0.39 is 0 Å². The average molecular weight is 329 g/mol. The Morgan fingerprint density at radius 1 is 1.30 bits per heavy atom. The molecule has 0 unspecified atom stereocenters. The lowest BCUT2D eigenvalue weighted by atomic mass is 10.2. The molecule has 0 atom stereocenters. The van der Waals surface area contributed by atoms with Crippen molar-refractivity contribution in [2.75, 3.05) is 14.1 Å². The minimum atomic E-state index is -0.118. The highest BCUT2D eigenvalue weighted by molar-refractivity contribution is 7.13.